The van der Waals surface area contributed by atoms with Gasteiger partial charge in [0.1, 0.15) is 5.75 Å². The quantitative estimate of drug-likeness (QED) is 0.535. The molecule has 0 aromatic heterocycles. The number of alkyl halides is 3. The first-order valence-corrected chi connectivity index (χ1v) is 8.97. The Morgan fingerprint density at radius 1 is 1.42 bits per heavy atom. The Hall–Kier alpha value is -0.700. The van der Waals surface area contributed by atoms with Crippen molar-refractivity contribution in [1.82, 2.24) is 0 Å². The van der Waals surface area contributed by atoms with Gasteiger partial charge in [-0.1, -0.05) is 31.4 Å². The van der Waals surface area contributed by atoms with Crippen LogP contribution in [-0.4, -0.2) is 23.9 Å². The monoisotopic (exact) mass is 476 g/mol. The maximum atomic E-state index is 12.4. The maximum Gasteiger partial charge on any atom is 0.422 e. The van der Waals surface area contributed by atoms with Crippen LogP contribution in [0.1, 0.15) is 38.2 Å². The molecule has 1 aromatic carbocycles. The highest BCUT2D eigenvalue weighted by Gasteiger charge is 2.44. The van der Waals surface area contributed by atoms with Crippen molar-refractivity contribution in [3.05, 3.63) is 26.3 Å². The molecule has 0 amide bonds. The van der Waals surface area contributed by atoms with Gasteiger partial charge in [-0.3, -0.25) is 4.79 Å². The third kappa shape index (κ3) is 4.47. The van der Waals surface area contributed by atoms with E-state index in [1.165, 1.54) is 12.1 Å². The molecule has 1 fully saturated rings. The molecule has 0 spiro atoms. The van der Waals surface area contributed by atoms with Gasteiger partial charge in [0.15, 0.2) is 6.61 Å². The summed E-state index contributed by atoms with van der Waals surface area (Å²) in [5.41, 5.74) is -0.766. The number of aliphatic carboxylic acids is 1. The minimum Gasteiger partial charge on any atom is -0.483 e. The standard InChI is InChI=1S/C16H17ClF3IO3/c1-2-15(14(22)23,7-9-3-4-9)10-5-11(17)13(21)12(6-10)24-8-16(18,19)20/h5-6,9H,2-4,7-8H2,1H3,(H,22,23). The van der Waals surface area contributed by atoms with E-state index in [9.17, 15) is 23.1 Å². The van der Waals surface area contributed by atoms with Crippen molar-refractivity contribution in [2.45, 2.75) is 44.2 Å². The van der Waals surface area contributed by atoms with Gasteiger partial charge in [0.05, 0.1) is 14.0 Å². The van der Waals surface area contributed by atoms with Gasteiger partial charge in [0.2, 0.25) is 0 Å². The second-order valence-corrected chi connectivity index (χ2v) is 7.55. The zero-order valence-corrected chi connectivity index (χ0v) is 15.8. The van der Waals surface area contributed by atoms with E-state index in [0.29, 0.717) is 27.9 Å². The van der Waals surface area contributed by atoms with Gasteiger partial charge in [-0.2, -0.15) is 13.2 Å². The molecule has 3 nitrogen and oxygen atoms in total. The van der Waals surface area contributed by atoms with Crippen LogP contribution in [0.15, 0.2) is 12.1 Å². The average molecular weight is 477 g/mol. The van der Waals surface area contributed by atoms with Crippen molar-refractivity contribution in [1.29, 1.82) is 0 Å². The van der Waals surface area contributed by atoms with Gasteiger partial charge < -0.3 is 9.84 Å². The number of halogens is 5. The van der Waals surface area contributed by atoms with Crippen LogP contribution in [-0.2, 0) is 10.2 Å². The van der Waals surface area contributed by atoms with Gasteiger partial charge in [-0.15, -0.1) is 0 Å². The van der Waals surface area contributed by atoms with Crippen molar-refractivity contribution < 1.29 is 27.8 Å². The molecule has 0 aliphatic heterocycles. The average Bonchev–Trinajstić information content (AvgIpc) is 3.29. The van der Waals surface area contributed by atoms with E-state index >= 15 is 0 Å². The van der Waals surface area contributed by atoms with E-state index in [4.69, 9.17) is 16.3 Å². The number of hydrogen-bond donors (Lipinski definition) is 1. The Morgan fingerprint density at radius 3 is 2.50 bits per heavy atom. The number of rotatable bonds is 7. The highest BCUT2D eigenvalue weighted by atomic mass is 127. The molecule has 24 heavy (non-hydrogen) atoms. The first kappa shape index (κ1) is 19.6. The van der Waals surface area contributed by atoms with Gasteiger partial charge in [-0.05, 0) is 59.0 Å². The van der Waals surface area contributed by atoms with Crippen molar-refractivity contribution in [3.63, 3.8) is 0 Å². The van der Waals surface area contributed by atoms with Crippen molar-refractivity contribution in [2.24, 2.45) is 5.92 Å². The molecule has 0 saturated heterocycles. The van der Waals surface area contributed by atoms with Crippen LogP contribution in [0.3, 0.4) is 0 Å². The lowest BCUT2D eigenvalue weighted by Gasteiger charge is -2.30. The number of carboxylic acid groups (broad SMARTS) is 1. The molecule has 0 heterocycles. The van der Waals surface area contributed by atoms with Crippen LogP contribution < -0.4 is 4.74 Å². The van der Waals surface area contributed by atoms with Crippen LogP contribution in [0, 0.1) is 9.49 Å². The fraction of sp³-hybridized carbons (Fsp3) is 0.562. The Bertz CT molecular complexity index is 632. The summed E-state index contributed by atoms with van der Waals surface area (Å²) in [5.74, 6) is -0.695. The predicted octanol–water partition coefficient (Wildman–Crippen LogP) is 5.42. The number of benzene rings is 1. The Morgan fingerprint density at radius 2 is 2.04 bits per heavy atom. The maximum absolute atomic E-state index is 12.4. The van der Waals surface area contributed by atoms with Crippen LogP contribution in [0.5, 0.6) is 5.75 Å². The minimum absolute atomic E-state index is 0.0368. The van der Waals surface area contributed by atoms with Gasteiger partial charge in [0.25, 0.3) is 0 Å². The summed E-state index contributed by atoms with van der Waals surface area (Å²) in [6, 6.07) is 2.92. The number of ether oxygens (including phenoxy) is 1. The van der Waals surface area contributed by atoms with Crippen molar-refractivity contribution in [3.8, 4) is 5.75 Å². The van der Waals surface area contributed by atoms with Crippen molar-refractivity contribution in [2.75, 3.05) is 6.61 Å². The summed E-state index contributed by atoms with van der Waals surface area (Å²) in [6.45, 7) is 0.316. The molecule has 1 aliphatic rings. The second kappa shape index (κ2) is 7.27. The van der Waals surface area contributed by atoms with E-state index in [-0.39, 0.29) is 10.8 Å². The summed E-state index contributed by atoms with van der Waals surface area (Å²) < 4.78 is 42.5. The predicted molar refractivity (Wildman–Crippen MR) is 92.7 cm³/mol. The minimum atomic E-state index is -4.48. The molecule has 2 rings (SSSR count). The van der Waals surface area contributed by atoms with E-state index in [1.807, 2.05) is 0 Å². The van der Waals surface area contributed by atoms with Crippen molar-refractivity contribution >= 4 is 40.2 Å². The molecule has 1 unspecified atom stereocenters. The summed E-state index contributed by atoms with van der Waals surface area (Å²) in [4.78, 5) is 12.0. The summed E-state index contributed by atoms with van der Waals surface area (Å²) in [7, 11) is 0. The molecule has 134 valence electrons. The zero-order chi connectivity index (χ0) is 18.1. The van der Waals surface area contributed by atoms with Crippen LogP contribution in [0.4, 0.5) is 13.2 Å². The number of carbonyl (C=O) groups is 1. The molecule has 1 atom stereocenters. The molecule has 8 heteroatoms. The van der Waals surface area contributed by atoms with E-state index in [0.717, 1.165) is 12.8 Å². The molecule has 1 N–H and O–H groups in total. The summed E-state index contributed by atoms with van der Waals surface area (Å²) >= 11 is 7.92. The SMILES string of the molecule is CCC(CC1CC1)(C(=O)O)c1cc(Cl)c(I)c(OCC(F)(F)F)c1. The largest absolute Gasteiger partial charge is 0.483 e. The normalized spacial score (nSPS) is 17.4. The van der Waals surface area contributed by atoms with E-state index in [2.05, 4.69) is 0 Å². The fourth-order valence-corrected chi connectivity index (χ4v) is 3.43. The third-order valence-corrected chi connectivity index (χ3v) is 6.02. The molecule has 0 radical (unpaired) electrons. The smallest absolute Gasteiger partial charge is 0.422 e. The molecule has 1 aromatic rings. The number of carboxylic acids is 1. The second-order valence-electron chi connectivity index (χ2n) is 6.06. The molecular formula is C16H17ClF3IO3. The fourth-order valence-electron chi connectivity index (χ4n) is 2.75. The molecule has 1 saturated carbocycles. The lowest BCUT2D eigenvalue weighted by molar-refractivity contribution is -0.153. The first-order valence-electron chi connectivity index (χ1n) is 7.51. The lowest BCUT2D eigenvalue weighted by Crippen LogP contribution is -2.36. The van der Waals surface area contributed by atoms with Crippen LogP contribution in [0.25, 0.3) is 0 Å². The van der Waals surface area contributed by atoms with E-state index in [1.54, 1.807) is 29.5 Å². The lowest BCUT2D eigenvalue weighted by atomic mass is 9.74. The third-order valence-electron chi connectivity index (χ3n) is 4.29. The van der Waals surface area contributed by atoms with E-state index < -0.39 is 24.2 Å². The zero-order valence-electron chi connectivity index (χ0n) is 12.9. The van der Waals surface area contributed by atoms with Gasteiger partial charge >= 0.3 is 12.1 Å². The Labute approximate surface area is 156 Å². The van der Waals surface area contributed by atoms with Gasteiger partial charge in [0, 0.05) is 0 Å². The Balaban J connectivity index is 2.43. The number of hydrogen-bond acceptors (Lipinski definition) is 2. The topological polar surface area (TPSA) is 46.5 Å². The Kier molecular flexibility index (Phi) is 5.95. The van der Waals surface area contributed by atoms with Gasteiger partial charge in [-0.25, -0.2) is 0 Å². The summed E-state index contributed by atoms with van der Waals surface area (Å²) in [6.07, 6.45) is -1.74. The van der Waals surface area contributed by atoms with Crippen LogP contribution in [0.2, 0.25) is 5.02 Å². The highest BCUT2D eigenvalue weighted by Crippen LogP contribution is 2.46. The summed E-state index contributed by atoms with van der Waals surface area (Å²) in [5, 5.41) is 9.99. The highest BCUT2D eigenvalue weighted by molar-refractivity contribution is 14.1. The van der Waals surface area contributed by atoms with Crippen LogP contribution >= 0.6 is 34.2 Å². The first-order chi connectivity index (χ1) is 11.1. The molecular weight excluding hydrogens is 460 g/mol. The molecule has 1 aliphatic carbocycles. The molecule has 0 bridgehead atoms.